The summed E-state index contributed by atoms with van der Waals surface area (Å²) < 4.78 is 5.32. The molecule has 3 aromatic carbocycles. The maximum atomic E-state index is 12.7. The molecule has 0 spiro atoms. The number of Topliss-reactive ketones (excluding diaryl/α,β-unsaturated/α-hetero) is 1. The van der Waals surface area contributed by atoms with E-state index in [9.17, 15) is 4.79 Å². The normalized spacial score (nSPS) is 18.7. The molecule has 3 aromatic rings. The first-order chi connectivity index (χ1) is 13.3. The van der Waals surface area contributed by atoms with Crippen molar-refractivity contribution in [3.8, 4) is 5.75 Å². The number of benzene rings is 3. The van der Waals surface area contributed by atoms with Crippen LogP contribution in [-0.2, 0) is 4.79 Å². The molecule has 1 aliphatic carbocycles. The van der Waals surface area contributed by atoms with E-state index >= 15 is 0 Å². The Morgan fingerprint density at radius 1 is 1.00 bits per heavy atom. The maximum Gasteiger partial charge on any atom is 0.161 e. The van der Waals surface area contributed by atoms with Crippen molar-refractivity contribution in [2.24, 2.45) is 0 Å². The molecule has 0 saturated carbocycles. The lowest BCUT2D eigenvalue weighted by Crippen LogP contribution is -2.26. The summed E-state index contributed by atoms with van der Waals surface area (Å²) in [5, 5.41) is 5.89. The van der Waals surface area contributed by atoms with Crippen LogP contribution in [0, 0.1) is 0 Å². The van der Waals surface area contributed by atoms with Crippen LogP contribution in [0.15, 0.2) is 66.2 Å². The summed E-state index contributed by atoms with van der Waals surface area (Å²) in [6.07, 6.45) is 1.46. The predicted octanol–water partition coefficient (Wildman–Crippen LogP) is 5.17. The molecule has 0 radical (unpaired) electrons. The minimum Gasteiger partial charge on any atom is -0.497 e. The number of carbonyl (C=O) groups excluding carboxylic acids is 1. The Bertz CT molecular complexity index is 1080. The number of methoxy groups -OCH3 is 1. The minimum absolute atomic E-state index is 0.232. The summed E-state index contributed by atoms with van der Waals surface area (Å²) in [4.78, 5) is 12.7. The van der Waals surface area contributed by atoms with E-state index in [0.29, 0.717) is 13.0 Å². The van der Waals surface area contributed by atoms with Crippen molar-refractivity contribution in [1.29, 1.82) is 0 Å². The van der Waals surface area contributed by atoms with Crippen LogP contribution in [0.2, 0.25) is 0 Å². The van der Waals surface area contributed by atoms with Gasteiger partial charge in [0.2, 0.25) is 0 Å². The number of hydrogen-bond acceptors (Lipinski definition) is 3. The molecule has 0 aromatic heterocycles. The van der Waals surface area contributed by atoms with Gasteiger partial charge < -0.3 is 10.1 Å². The molecule has 2 aliphatic rings. The molecule has 0 bridgehead atoms. The molecule has 1 atom stereocenters. The second-order valence-corrected chi connectivity index (χ2v) is 7.24. The number of carbonyl (C=O) groups is 1. The minimum atomic E-state index is 0.232. The predicted molar refractivity (Wildman–Crippen MR) is 109 cm³/mol. The molecule has 0 fully saturated rings. The van der Waals surface area contributed by atoms with Crippen molar-refractivity contribution in [3.63, 3.8) is 0 Å². The maximum absolute atomic E-state index is 12.7. The fourth-order valence-corrected chi connectivity index (χ4v) is 4.51. The van der Waals surface area contributed by atoms with Gasteiger partial charge >= 0.3 is 0 Å². The van der Waals surface area contributed by atoms with Crippen molar-refractivity contribution in [3.05, 3.63) is 77.4 Å². The molecule has 5 rings (SSSR count). The van der Waals surface area contributed by atoms with Gasteiger partial charge in [0.1, 0.15) is 5.75 Å². The molecule has 1 unspecified atom stereocenters. The Morgan fingerprint density at radius 2 is 1.81 bits per heavy atom. The Kier molecular flexibility index (Phi) is 3.75. The third-order valence-corrected chi connectivity index (χ3v) is 5.84. The van der Waals surface area contributed by atoms with E-state index < -0.39 is 0 Å². The summed E-state index contributed by atoms with van der Waals surface area (Å²) in [7, 11) is 1.68. The van der Waals surface area contributed by atoms with Crippen molar-refractivity contribution >= 4 is 27.8 Å². The van der Waals surface area contributed by atoms with Gasteiger partial charge in [0.25, 0.3) is 0 Å². The molecule has 1 aliphatic heterocycles. The molecule has 1 N–H and O–H groups in total. The quantitative estimate of drug-likeness (QED) is 0.689. The van der Waals surface area contributed by atoms with Gasteiger partial charge in [0.15, 0.2) is 5.78 Å². The van der Waals surface area contributed by atoms with Gasteiger partial charge in [-0.3, -0.25) is 4.79 Å². The fourth-order valence-electron chi connectivity index (χ4n) is 4.51. The zero-order valence-electron chi connectivity index (χ0n) is 15.3. The lowest BCUT2D eigenvalue weighted by molar-refractivity contribution is -0.115. The van der Waals surface area contributed by atoms with Crippen LogP contribution in [0.1, 0.15) is 29.9 Å². The van der Waals surface area contributed by atoms with E-state index in [4.69, 9.17) is 4.74 Å². The highest BCUT2D eigenvalue weighted by Gasteiger charge is 2.34. The third kappa shape index (κ3) is 2.54. The monoisotopic (exact) mass is 355 g/mol. The SMILES string of the molecule is COc1ccc(C2CCC(=O)C3=C2c2c(ccc4ccccc24)NC3)cc1. The first-order valence-electron chi connectivity index (χ1n) is 9.42. The van der Waals surface area contributed by atoms with E-state index in [2.05, 4.69) is 53.8 Å². The van der Waals surface area contributed by atoms with E-state index in [0.717, 1.165) is 23.4 Å². The van der Waals surface area contributed by atoms with Gasteiger partial charge in [-0.15, -0.1) is 0 Å². The highest BCUT2D eigenvalue weighted by Crippen LogP contribution is 2.48. The molecule has 134 valence electrons. The number of ketones is 1. The number of rotatable bonds is 2. The Morgan fingerprint density at radius 3 is 2.63 bits per heavy atom. The molecular weight excluding hydrogens is 334 g/mol. The van der Waals surface area contributed by atoms with Crippen LogP contribution >= 0.6 is 0 Å². The van der Waals surface area contributed by atoms with Gasteiger partial charge in [-0.05, 0) is 46.5 Å². The molecule has 27 heavy (non-hydrogen) atoms. The Labute approximate surface area is 158 Å². The van der Waals surface area contributed by atoms with E-state index in [1.807, 2.05) is 12.1 Å². The Balaban J connectivity index is 1.75. The van der Waals surface area contributed by atoms with Crippen molar-refractivity contribution in [2.45, 2.75) is 18.8 Å². The van der Waals surface area contributed by atoms with Crippen molar-refractivity contribution < 1.29 is 9.53 Å². The van der Waals surface area contributed by atoms with Crippen LogP contribution in [0.5, 0.6) is 5.75 Å². The number of nitrogens with one attached hydrogen (secondary N) is 1. The van der Waals surface area contributed by atoms with E-state index in [1.54, 1.807) is 7.11 Å². The Hall–Kier alpha value is -3.07. The van der Waals surface area contributed by atoms with Crippen molar-refractivity contribution in [1.82, 2.24) is 0 Å². The van der Waals surface area contributed by atoms with E-state index in [1.165, 1.54) is 27.5 Å². The molecular formula is C24H21NO2. The van der Waals surface area contributed by atoms with Crippen molar-refractivity contribution in [2.75, 3.05) is 19.0 Å². The largest absolute Gasteiger partial charge is 0.497 e. The number of fused-ring (bicyclic) bond motifs is 4. The third-order valence-electron chi connectivity index (χ3n) is 5.84. The van der Waals surface area contributed by atoms with Gasteiger partial charge in [-0.2, -0.15) is 0 Å². The second-order valence-electron chi connectivity index (χ2n) is 7.24. The van der Waals surface area contributed by atoms with Crippen LogP contribution in [0.3, 0.4) is 0 Å². The molecule has 0 saturated heterocycles. The second kappa shape index (κ2) is 6.27. The zero-order chi connectivity index (χ0) is 18.4. The average Bonchev–Trinajstić information content (AvgIpc) is 2.73. The van der Waals surface area contributed by atoms with Crippen LogP contribution < -0.4 is 10.1 Å². The topological polar surface area (TPSA) is 38.3 Å². The number of anilines is 1. The van der Waals surface area contributed by atoms with Gasteiger partial charge in [0, 0.05) is 35.7 Å². The van der Waals surface area contributed by atoms with Crippen LogP contribution in [0.25, 0.3) is 16.3 Å². The van der Waals surface area contributed by atoms with Crippen LogP contribution in [-0.4, -0.2) is 19.4 Å². The lowest BCUT2D eigenvalue weighted by Gasteiger charge is -2.34. The fraction of sp³-hybridized carbons (Fsp3) is 0.208. The highest BCUT2D eigenvalue weighted by molar-refractivity contribution is 6.12. The number of allylic oxidation sites excluding steroid dienone is 1. The standard InChI is InChI=1S/C24H21NO2/c1-27-17-9-6-16(7-10-17)19-11-13-22(26)20-14-25-21-12-8-15-4-2-3-5-18(15)24(21)23(19)20/h2-10,12,19,25H,11,13-14H2,1H3. The summed E-state index contributed by atoms with van der Waals surface area (Å²) >= 11 is 0. The molecule has 0 amide bonds. The molecule has 3 nitrogen and oxygen atoms in total. The highest BCUT2D eigenvalue weighted by atomic mass is 16.5. The first-order valence-corrected chi connectivity index (χ1v) is 9.42. The number of ether oxygens (including phenoxy) is 1. The average molecular weight is 355 g/mol. The first kappa shape index (κ1) is 16.1. The summed E-state index contributed by atoms with van der Waals surface area (Å²) in [5.74, 6) is 1.37. The van der Waals surface area contributed by atoms with Gasteiger partial charge in [-0.1, -0.05) is 42.5 Å². The summed E-state index contributed by atoms with van der Waals surface area (Å²) in [6, 6.07) is 21.0. The summed E-state index contributed by atoms with van der Waals surface area (Å²) in [6.45, 7) is 0.617. The van der Waals surface area contributed by atoms with E-state index in [-0.39, 0.29) is 11.7 Å². The summed E-state index contributed by atoms with van der Waals surface area (Å²) in [5.41, 5.74) is 5.73. The van der Waals surface area contributed by atoms with Crippen LogP contribution in [0.4, 0.5) is 5.69 Å². The van der Waals surface area contributed by atoms with Gasteiger partial charge in [0.05, 0.1) is 7.11 Å². The number of hydrogen-bond donors (Lipinski definition) is 1. The molecule has 1 heterocycles. The molecule has 3 heteroatoms. The lowest BCUT2D eigenvalue weighted by atomic mass is 9.72. The van der Waals surface area contributed by atoms with Gasteiger partial charge in [-0.25, -0.2) is 0 Å². The zero-order valence-corrected chi connectivity index (χ0v) is 15.3. The smallest absolute Gasteiger partial charge is 0.161 e.